The number of nitrogens with zero attached hydrogens (tertiary/aromatic N) is 1. The Morgan fingerprint density at radius 3 is 2.23 bits per heavy atom. The molecule has 0 bridgehead atoms. The minimum Gasteiger partial charge on any atom is -0.480 e. The summed E-state index contributed by atoms with van der Waals surface area (Å²) in [6.07, 6.45) is 3.59. The Bertz CT molecular complexity index is 603. The molecular formula is C16H18N2O4. The number of aliphatic carboxylic acids is 1. The van der Waals surface area contributed by atoms with E-state index in [2.05, 4.69) is 5.32 Å². The number of hydrogen-bond acceptors (Lipinski definition) is 3. The highest BCUT2D eigenvalue weighted by Gasteiger charge is 2.34. The first-order valence-corrected chi connectivity index (χ1v) is 7.48. The van der Waals surface area contributed by atoms with Crippen molar-refractivity contribution >= 4 is 23.5 Å². The van der Waals surface area contributed by atoms with Crippen molar-refractivity contribution in [3.8, 4) is 0 Å². The van der Waals surface area contributed by atoms with Gasteiger partial charge < -0.3 is 15.3 Å². The molecule has 0 atom stereocenters. The van der Waals surface area contributed by atoms with Crippen LogP contribution in [0.1, 0.15) is 36.0 Å². The molecule has 0 aliphatic heterocycles. The van der Waals surface area contributed by atoms with Crippen LogP contribution in [-0.4, -0.2) is 40.4 Å². The van der Waals surface area contributed by atoms with E-state index in [9.17, 15) is 14.4 Å². The zero-order valence-corrected chi connectivity index (χ0v) is 12.1. The third-order valence-electron chi connectivity index (χ3n) is 3.90. The third kappa shape index (κ3) is 3.44. The van der Waals surface area contributed by atoms with Crippen LogP contribution in [-0.2, 0) is 9.59 Å². The molecule has 2 saturated carbocycles. The summed E-state index contributed by atoms with van der Waals surface area (Å²) in [6, 6.07) is 6.65. The lowest BCUT2D eigenvalue weighted by Crippen LogP contribution is -2.37. The Morgan fingerprint density at radius 1 is 1.09 bits per heavy atom. The molecule has 0 aromatic heterocycles. The third-order valence-corrected chi connectivity index (χ3v) is 3.90. The molecule has 0 spiro atoms. The first-order valence-electron chi connectivity index (χ1n) is 7.48. The lowest BCUT2D eigenvalue weighted by molar-refractivity contribution is -0.137. The molecule has 2 N–H and O–H groups in total. The molecule has 2 fully saturated rings. The fraction of sp³-hybridized carbons (Fsp3) is 0.438. The number of carboxylic acid groups (broad SMARTS) is 1. The van der Waals surface area contributed by atoms with Crippen molar-refractivity contribution in [2.45, 2.75) is 31.7 Å². The standard InChI is InChI=1S/C16H18N2O4/c19-14(20)9-18(13-7-8-13)16(22)11-3-5-12(6-4-11)17-15(21)10-1-2-10/h3-6,10,13H,1-2,7-9H2,(H,17,21)(H,19,20). The molecule has 2 amide bonds. The molecule has 1 aromatic carbocycles. The van der Waals surface area contributed by atoms with E-state index in [4.69, 9.17) is 5.11 Å². The molecule has 6 nitrogen and oxygen atoms in total. The molecule has 0 unspecified atom stereocenters. The molecule has 6 heteroatoms. The monoisotopic (exact) mass is 302 g/mol. The van der Waals surface area contributed by atoms with Crippen molar-refractivity contribution in [1.82, 2.24) is 4.90 Å². The molecular weight excluding hydrogens is 284 g/mol. The highest BCUT2D eigenvalue weighted by molar-refractivity contribution is 5.98. The maximum absolute atomic E-state index is 12.4. The quantitative estimate of drug-likeness (QED) is 0.837. The Morgan fingerprint density at radius 2 is 1.73 bits per heavy atom. The lowest BCUT2D eigenvalue weighted by atomic mass is 10.1. The zero-order valence-electron chi connectivity index (χ0n) is 12.1. The fourth-order valence-corrected chi connectivity index (χ4v) is 2.35. The van der Waals surface area contributed by atoms with Crippen LogP contribution < -0.4 is 5.32 Å². The van der Waals surface area contributed by atoms with Crippen molar-refractivity contribution < 1.29 is 19.5 Å². The normalized spacial score (nSPS) is 16.9. The second-order valence-electron chi connectivity index (χ2n) is 5.90. The first kappa shape index (κ1) is 14.6. The van der Waals surface area contributed by atoms with E-state index in [1.54, 1.807) is 24.3 Å². The SMILES string of the molecule is O=C(O)CN(C(=O)c1ccc(NC(=O)C2CC2)cc1)C1CC1. The average molecular weight is 302 g/mol. The number of anilines is 1. The van der Waals surface area contributed by atoms with E-state index >= 15 is 0 Å². The van der Waals surface area contributed by atoms with Gasteiger partial charge in [-0.2, -0.15) is 0 Å². The van der Waals surface area contributed by atoms with E-state index in [1.807, 2.05) is 0 Å². The lowest BCUT2D eigenvalue weighted by Gasteiger charge is -2.20. The number of nitrogens with one attached hydrogen (secondary N) is 1. The van der Waals surface area contributed by atoms with Gasteiger partial charge in [0.15, 0.2) is 0 Å². The average Bonchev–Trinajstić information content (AvgIpc) is 3.38. The van der Waals surface area contributed by atoms with Gasteiger partial charge in [-0.3, -0.25) is 14.4 Å². The highest BCUT2D eigenvalue weighted by Crippen LogP contribution is 2.30. The summed E-state index contributed by atoms with van der Waals surface area (Å²) >= 11 is 0. The van der Waals surface area contributed by atoms with Gasteiger partial charge in [-0.1, -0.05) is 0 Å². The second-order valence-corrected chi connectivity index (χ2v) is 5.90. The van der Waals surface area contributed by atoms with Gasteiger partial charge in [-0.25, -0.2) is 0 Å². The van der Waals surface area contributed by atoms with Crippen molar-refractivity contribution in [3.05, 3.63) is 29.8 Å². The number of carbonyl (C=O) groups excluding carboxylic acids is 2. The molecule has 0 saturated heterocycles. The number of hydrogen-bond donors (Lipinski definition) is 2. The van der Waals surface area contributed by atoms with Crippen molar-refractivity contribution in [2.75, 3.05) is 11.9 Å². The first-order chi connectivity index (χ1) is 10.5. The molecule has 0 heterocycles. The molecule has 2 aliphatic carbocycles. The Hall–Kier alpha value is -2.37. The smallest absolute Gasteiger partial charge is 0.323 e. The summed E-state index contributed by atoms with van der Waals surface area (Å²) in [6.45, 7) is -0.274. The van der Waals surface area contributed by atoms with Gasteiger partial charge in [-0.05, 0) is 49.9 Å². The second kappa shape index (κ2) is 5.79. The number of amides is 2. The van der Waals surface area contributed by atoms with Gasteiger partial charge in [0.2, 0.25) is 5.91 Å². The Balaban J connectivity index is 1.66. The maximum atomic E-state index is 12.4. The van der Waals surface area contributed by atoms with E-state index < -0.39 is 5.97 Å². The minimum atomic E-state index is -1.01. The molecule has 3 rings (SSSR count). The predicted molar refractivity (Wildman–Crippen MR) is 79.5 cm³/mol. The van der Waals surface area contributed by atoms with Gasteiger partial charge in [0.1, 0.15) is 6.54 Å². The van der Waals surface area contributed by atoms with E-state index in [-0.39, 0.29) is 30.3 Å². The van der Waals surface area contributed by atoms with E-state index in [0.29, 0.717) is 11.3 Å². The maximum Gasteiger partial charge on any atom is 0.323 e. The van der Waals surface area contributed by atoms with Crippen LogP contribution in [0.25, 0.3) is 0 Å². The minimum absolute atomic E-state index is 0.0181. The van der Waals surface area contributed by atoms with Gasteiger partial charge >= 0.3 is 5.97 Å². The summed E-state index contributed by atoms with van der Waals surface area (Å²) in [5.74, 6) is -1.13. The van der Waals surface area contributed by atoms with Crippen LogP contribution in [0.5, 0.6) is 0 Å². The van der Waals surface area contributed by atoms with Crippen LogP contribution in [0.15, 0.2) is 24.3 Å². The predicted octanol–water partition coefficient (Wildman–Crippen LogP) is 1.72. The topological polar surface area (TPSA) is 86.7 Å². The van der Waals surface area contributed by atoms with Crippen LogP contribution in [0.4, 0.5) is 5.69 Å². The van der Waals surface area contributed by atoms with Crippen LogP contribution >= 0.6 is 0 Å². The summed E-state index contributed by atoms with van der Waals surface area (Å²) in [7, 11) is 0. The van der Waals surface area contributed by atoms with E-state index in [0.717, 1.165) is 25.7 Å². The Kier molecular flexibility index (Phi) is 3.83. The highest BCUT2D eigenvalue weighted by atomic mass is 16.4. The molecule has 2 aliphatic rings. The summed E-state index contributed by atoms with van der Waals surface area (Å²) in [4.78, 5) is 36.3. The van der Waals surface area contributed by atoms with Crippen molar-refractivity contribution in [1.29, 1.82) is 0 Å². The van der Waals surface area contributed by atoms with E-state index in [1.165, 1.54) is 4.90 Å². The number of carbonyl (C=O) groups is 3. The fourth-order valence-electron chi connectivity index (χ4n) is 2.35. The molecule has 0 radical (unpaired) electrons. The van der Waals surface area contributed by atoms with Crippen molar-refractivity contribution in [3.63, 3.8) is 0 Å². The zero-order chi connectivity index (χ0) is 15.7. The number of benzene rings is 1. The molecule has 116 valence electrons. The largest absolute Gasteiger partial charge is 0.480 e. The summed E-state index contributed by atoms with van der Waals surface area (Å²) in [5, 5.41) is 11.7. The van der Waals surface area contributed by atoms with Gasteiger partial charge in [0, 0.05) is 23.2 Å². The number of rotatable bonds is 6. The van der Waals surface area contributed by atoms with Gasteiger partial charge in [-0.15, -0.1) is 0 Å². The number of carboxylic acids is 1. The van der Waals surface area contributed by atoms with Crippen LogP contribution in [0.2, 0.25) is 0 Å². The van der Waals surface area contributed by atoms with Gasteiger partial charge in [0.05, 0.1) is 0 Å². The van der Waals surface area contributed by atoms with Gasteiger partial charge in [0.25, 0.3) is 5.91 Å². The van der Waals surface area contributed by atoms with Crippen LogP contribution in [0, 0.1) is 5.92 Å². The molecule has 1 aromatic rings. The molecule has 22 heavy (non-hydrogen) atoms. The van der Waals surface area contributed by atoms with Crippen LogP contribution in [0.3, 0.4) is 0 Å². The Labute approximate surface area is 128 Å². The van der Waals surface area contributed by atoms with Crippen molar-refractivity contribution in [2.24, 2.45) is 5.92 Å². The summed E-state index contributed by atoms with van der Waals surface area (Å²) < 4.78 is 0. The summed E-state index contributed by atoms with van der Waals surface area (Å²) in [5.41, 5.74) is 1.10.